The van der Waals surface area contributed by atoms with E-state index in [4.69, 9.17) is 15.7 Å². The van der Waals surface area contributed by atoms with Gasteiger partial charge in [-0.15, -0.1) is 0 Å². The summed E-state index contributed by atoms with van der Waals surface area (Å²) in [5.74, 6) is 0.209. The average molecular weight is 175 g/mol. The lowest BCUT2D eigenvalue weighted by molar-refractivity contribution is 0.0899. The Hall–Kier alpha value is -0.810. The van der Waals surface area contributed by atoms with Crippen LogP contribution in [0.4, 0.5) is 0 Å². The minimum absolute atomic E-state index is 0.154. The van der Waals surface area contributed by atoms with E-state index in [-0.39, 0.29) is 11.9 Å². The molecule has 1 atom stereocenters. The second-order valence-electron chi connectivity index (χ2n) is 2.83. The molecule has 0 aliphatic heterocycles. The van der Waals surface area contributed by atoms with Crippen molar-refractivity contribution in [1.82, 2.24) is 4.90 Å². The molecule has 5 heteroatoms. The van der Waals surface area contributed by atoms with Crippen molar-refractivity contribution in [3.05, 3.63) is 0 Å². The van der Waals surface area contributed by atoms with Gasteiger partial charge in [0.05, 0.1) is 12.6 Å². The summed E-state index contributed by atoms with van der Waals surface area (Å²) in [6.07, 6.45) is 0.154. The van der Waals surface area contributed by atoms with E-state index in [9.17, 15) is 0 Å². The van der Waals surface area contributed by atoms with E-state index in [0.29, 0.717) is 6.54 Å². The lowest BCUT2D eigenvalue weighted by Crippen LogP contribution is -2.35. The molecule has 5 nitrogen and oxygen atoms in total. The first-order valence-electron chi connectivity index (χ1n) is 3.78. The van der Waals surface area contributed by atoms with Gasteiger partial charge in [0.2, 0.25) is 0 Å². The van der Waals surface area contributed by atoms with Crippen molar-refractivity contribution in [3.63, 3.8) is 0 Å². The van der Waals surface area contributed by atoms with Crippen LogP contribution in [0, 0.1) is 0 Å². The van der Waals surface area contributed by atoms with E-state index in [1.165, 1.54) is 0 Å². The number of rotatable bonds is 5. The highest BCUT2D eigenvalue weighted by Crippen LogP contribution is 1.91. The van der Waals surface area contributed by atoms with Crippen molar-refractivity contribution < 1.29 is 9.94 Å². The molecule has 0 heterocycles. The van der Waals surface area contributed by atoms with Crippen molar-refractivity contribution >= 4 is 5.84 Å². The van der Waals surface area contributed by atoms with Crippen LogP contribution in [0.1, 0.15) is 6.92 Å². The van der Waals surface area contributed by atoms with Crippen molar-refractivity contribution in [2.45, 2.75) is 13.0 Å². The number of oxime groups is 1. The third-order valence-electron chi connectivity index (χ3n) is 1.53. The molecule has 0 bridgehead atoms. The maximum absolute atomic E-state index is 8.28. The molecule has 0 saturated heterocycles. The summed E-state index contributed by atoms with van der Waals surface area (Å²) in [4.78, 5) is 1.92. The Morgan fingerprint density at radius 1 is 1.75 bits per heavy atom. The average Bonchev–Trinajstić information content (AvgIpc) is 2.03. The summed E-state index contributed by atoms with van der Waals surface area (Å²) in [7, 11) is 3.54. The molecule has 0 rings (SSSR count). The maximum Gasteiger partial charge on any atom is 0.153 e. The molecule has 0 radical (unpaired) electrons. The van der Waals surface area contributed by atoms with Crippen LogP contribution in [-0.4, -0.2) is 49.3 Å². The number of amidine groups is 1. The van der Waals surface area contributed by atoms with Crippen molar-refractivity contribution in [1.29, 1.82) is 0 Å². The fraction of sp³-hybridized carbons (Fsp3) is 0.857. The van der Waals surface area contributed by atoms with Gasteiger partial charge in [0, 0.05) is 13.7 Å². The number of nitrogens with two attached hydrogens (primary N) is 1. The van der Waals surface area contributed by atoms with Gasteiger partial charge in [0.1, 0.15) is 0 Å². The zero-order valence-corrected chi connectivity index (χ0v) is 7.82. The fourth-order valence-electron chi connectivity index (χ4n) is 0.886. The van der Waals surface area contributed by atoms with Gasteiger partial charge in [0.15, 0.2) is 5.84 Å². The monoisotopic (exact) mass is 175 g/mol. The molecular formula is C7H17N3O2. The van der Waals surface area contributed by atoms with Gasteiger partial charge in [-0.1, -0.05) is 5.16 Å². The Kier molecular flexibility index (Phi) is 5.40. The van der Waals surface area contributed by atoms with Crippen LogP contribution in [0.2, 0.25) is 0 Å². The highest BCUT2D eigenvalue weighted by Gasteiger charge is 2.05. The SMILES string of the molecule is COC(C)CN(C)CC(N)=NO. The summed E-state index contributed by atoms with van der Waals surface area (Å²) in [6, 6.07) is 0. The Morgan fingerprint density at radius 3 is 2.75 bits per heavy atom. The first kappa shape index (κ1) is 11.2. The molecule has 0 amide bonds. The number of hydrogen-bond acceptors (Lipinski definition) is 4. The molecule has 0 spiro atoms. The molecule has 0 aromatic heterocycles. The van der Waals surface area contributed by atoms with Gasteiger partial charge in [-0.3, -0.25) is 4.90 Å². The second-order valence-corrected chi connectivity index (χ2v) is 2.83. The van der Waals surface area contributed by atoms with Crippen molar-refractivity contribution in [2.24, 2.45) is 10.9 Å². The van der Waals surface area contributed by atoms with Crippen LogP contribution >= 0.6 is 0 Å². The minimum Gasteiger partial charge on any atom is -0.409 e. The first-order chi connectivity index (χ1) is 5.60. The number of ether oxygens (including phenoxy) is 1. The zero-order valence-electron chi connectivity index (χ0n) is 7.82. The third kappa shape index (κ3) is 4.92. The Labute approximate surface area is 72.8 Å². The molecule has 12 heavy (non-hydrogen) atoms. The van der Waals surface area contributed by atoms with Gasteiger partial charge < -0.3 is 15.7 Å². The molecule has 0 aliphatic carbocycles. The van der Waals surface area contributed by atoms with Gasteiger partial charge in [0.25, 0.3) is 0 Å². The predicted octanol–water partition coefficient (Wildman–Crippen LogP) is -0.300. The summed E-state index contributed by atoms with van der Waals surface area (Å²) < 4.78 is 5.05. The van der Waals surface area contributed by atoms with Gasteiger partial charge >= 0.3 is 0 Å². The molecule has 0 fully saturated rings. The van der Waals surface area contributed by atoms with E-state index in [1.54, 1.807) is 7.11 Å². The molecule has 72 valence electrons. The van der Waals surface area contributed by atoms with Crippen molar-refractivity contribution in [2.75, 3.05) is 27.2 Å². The Bertz CT molecular complexity index is 150. The van der Waals surface area contributed by atoms with Crippen LogP contribution in [0.5, 0.6) is 0 Å². The van der Waals surface area contributed by atoms with E-state index < -0.39 is 0 Å². The first-order valence-corrected chi connectivity index (χ1v) is 3.78. The van der Waals surface area contributed by atoms with Crippen LogP contribution in [0.3, 0.4) is 0 Å². The van der Waals surface area contributed by atoms with Crippen LogP contribution in [0.15, 0.2) is 5.16 Å². The lowest BCUT2D eigenvalue weighted by atomic mass is 10.3. The topological polar surface area (TPSA) is 71.1 Å². The normalized spacial score (nSPS) is 15.2. The molecule has 1 unspecified atom stereocenters. The van der Waals surface area contributed by atoms with Crippen LogP contribution in [0.25, 0.3) is 0 Å². The van der Waals surface area contributed by atoms with Crippen LogP contribution in [-0.2, 0) is 4.74 Å². The van der Waals surface area contributed by atoms with Gasteiger partial charge in [-0.05, 0) is 14.0 Å². The highest BCUT2D eigenvalue weighted by molar-refractivity contribution is 5.81. The summed E-state index contributed by atoms with van der Waals surface area (Å²) >= 11 is 0. The standard InChI is InChI=1S/C7H17N3O2/c1-6(12-3)4-10(2)5-7(8)9-11/h6,11H,4-5H2,1-3H3,(H2,8,9). The minimum atomic E-state index is 0.154. The zero-order chi connectivity index (χ0) is 9.56. The molecular weight excluding hydrogens is 158 g/mol. The summed E-state index contributed by atoms with van der Waals surface area (Å²) in [5, 5.41) is 11.2. The largest absolute Gasteiger partial charge is 0.409 e. The second kappa shape index (κ2) is 5.79. The summed E-state index contributed by atoms with van der Waals surface area (Å²) in [5.41, 5.74) is 5.31. The summed E-state index contributed by atoms with van der Waals surface area (Å²) in [6.45, 7) is 3.17. The third-order valence-corrected chi connectivity index (χ3v) is 1.53. The van der Waals surface area contributed by atoms with Crippen molar-refractivity contribution in [3.8, 4) is 0 Å². The molecule has 0 saturated carbocycles. The number of methoxy groups -OCH3 is 1. The Balaban J connectivity index is 3.66. The highest BCUT2D eigenvalue weighted by atomic mass is 16.5. The fourth-order valence-corrected chi connectivity index (χ4v) is 0.886. The van der Waals surface area contributed by atoms with E-state index in [2.05, 4.69) is 5.16 Å². The quantitative estimate of drug-likeness (QED) is 0.260. The molecule has 3 N–H and O–H groups in total. The molecule has 0 aromatic carbocycles. The molecule has 0 aliphatic rings. The maximum atomic E-state index is 8.28. The van der Waals surface area contributed by atoms with E-state index >= 15 is 0 Å². The smallest absolute Gasteiger partial charge is 0.153 e. The van der Waals surface area contributed by atoms with Gasteiger partial charge in [-0.25, -0.2) is 0 Å². The van der Waals surface area contributed by atoms with E-state index in [0.717, 1.165) is 6.54 Å². The number of likely N-dealkylation sites (N-methyl/N-ethyl adjacent to an activating group) is 1. The number of hydrogen-bond donors (Lipinski definition) is 2. The van der Waals surface area contributed by atoms with Crippen LogP contribution < -0.4 is 5.73 Å². The lowest BCUT2D eigenvalue weighted by Gasteiger charge is -2.19. The predicted molar refractivity (Wildman–Crippen MR) is 47.4 cm³/mol. The van der Waals surface area contributed by atoms with Gasteiger partial charge in [-0.2, -0.15) is 0 Å². The molecule has 0 aromatic rings. The van der Waals surface area contributed by atoms with E-state index in [1.807, 2.05) is 18.9 Å². The number of nitrogens with zero attached hydrogens (tertiary/aromatic N) is 2. The Morgan fingerprint density at radius 2 is 2.33 bits per heavy atom.